The first-order chi connectivity index (χ1) is 12.1. The lowest BCUT2D eigenvalue weighted by Crippen LogP contribution is -2.34. The maximum atomic E-state index is 11.0. The van der Waals surface area contributed by atoms with Crippen molar-refractivity contribution in [1.82, 2.24) is 4.90 Å². The van der Waals surface area contributed by atoms with Crippen molar-refractivity contribution < 1.29 is 14.6 Å². The normalized spacial score (nSPS) is 19.2. The standard InChI is InChI=1S/C21H25NO3/c1-22-13-12-19(15-4-8-17(24-2)9-5-15)20(14-22)21(23)16-6-10-18(25-3)11-7-16/h4-12,20-21,23H,13-14H2,1-3H3. The molecule has 2 unspecified atom stereocenters. The van der Waals surface area contributed by atoms with Gasteiger partial charge in [-0.25, -0.2) is 0 Å². The van der Waals surface area contributed by atoms with Crippen molar-refractivity contribution in [3.05, 3.63) is 65.7 Å². The van der Waals surface area contributed by atoms with E-state index in [4.69, 9.17) is 9.47 Å². The van der Waals surface area contributed by atoms with Gasteiger partial charge in [0.1, 0.15) is 11.5 Å². The largest absolute Gasteiger partial charge is 0.497 e. The predicted octanol–water partition coefficient (Wildman–Crippen LogP) is 3.38. The minimum absolute atomic E-state index is 0.0144. The number of aliphatic hydroxyl groups is 1. The van der Waals surface area contributed by atoms with Gasteiger partial charge in [0.25, 0.3) is 0 Å². The molecule has 132 valence electrons. The first-order valence-electron chi connectivity index (χ1n) is 8.47. The lowest BCUT2D eigenvalue weighted by Gasteiger charge is -2.34. The second-order valence-electron chi connectivity index (χ2n) is 6.43. The molecule has 1 aliphatic rings. The summed E-state index contributed by atoms with van der Waals surface area (Å²) in [5, 5.41) is 11.0. The van der Waals surface area contributed by atoms with Gasteiger partial charge in [0.05, 0.1) is 20.3 Å². The van der Waals surface area contributed by atoms with Crippen molar-refractivity contribution in [3.8, 4) is 11.5 Å². The molecule has 0 spiro atoms. The van der Waals surface area contributed by atoms with Gasteiger partial charge in [-0.1, -0.05) is 30.3 Å². The summed E-state index contributed by atoms with van der Waals surface area (Å²) < 4.78 is 10.5. The fraction of sp³-hybridized carbons (Fsp3) is 0.333. The van der Waals surface area contributed by atoms with Crippen molar-refractivity contribution >= 4 is 5.57 Å². The molecule has 0 fully saturated rings. The van der Waals surface area contributed by atoms with Crippen LogP contribution in [0.5, 0.6) is 11.5 Å². The minimum Gasteiger partial charge on any atom is -0.497 e. The summed E-state index contributed by atoms with van der Waals surface area (Å²) in [6.45, 7) is 1.69. The molecule has 1 heterocycles. The Morgan fingerprint density at radius 1 is 0.960 bits per heavy atom. The summed E-state index contributed by atoms with van der Waals surface area (Å²) in [6, 6.07) is 15.7. The van der Waals surface area contributed by atoms with E-state index >= 15 is 0 Å². The van der Waals surface area contributed by atoms with Crippen LogP contribution in [-0.4, -0.2) is 44.4 Å². The summed E-state index contributed by atoms with van der Waals surface area (Å²) in [4.78, 5) is 2.23. The second-order valence-corrected chi connectivity index (χ2v) is 6.43. The number of rotatable bonds is 5. The highest BCUT2D eigenvalue weighted by Gasteiger charge is 2.29. The van der Waals surface area contributed by atoms with Crippen LogP contribution in [0.2, 0.25) is 0 Å². The fourth-order valence-corrected chi connectivity index (χ4v) is 3.33. The first kappa shape index (κ1) is 17.5. The molecular formula is C21H25NO3. The molecule has 0 saturated heterocycles. The zero-order valence-corrected chi connectivity index (χ0v) is 15.0. The van der Waals surface area contributed by atoms with Crippen LogP contribution in [-0.2, 0) is 0 Å². The highest BCUT2D eigenvalue weighted by Crippen LogP contribution is 2.37. The Kier molecular flexibility index (Phi) is 5.41. The number of hydrogen-bond acceptors (Lipinski definition) is 4. The molecular weight excluding hydrogens is 314 g/mol. The van der Waals surface area contributed by atoms with Crippen LogP contribution in [0.15, 0.2) is 54.6 Å². The van der Waals surface area contributed by atoms with Crippen LogP contribution < -0.4 is 9.47 Å². The Labute approximate surface area is 149 Å². The predicted molar refractivity (Wildman–Crippen MR) is 99.9 cm³/mol. The zero-order valence-electron chi connectivity index (χ0n) is 15.0. The van der Waals surface area contributed by atoms with Crippen LogP contribution in [0, 0.1) is 5.92 Å². The van der Waals surface area contributed by atoms with Gasteiger partial charge < -0.3 is 19.5 Å². The molecule has 25 heavy (non-hydrogen) atoms. The lowest BCUT2D eigenvalue weighted by atomic mass is 9.82. The molecule has 0 saturated carbocycles. The molecule has 0 aromatic heterocycles. The number of aliphatic hydroxyl groups excluding tert-OH is 1. The number of hydrogen-bond donors (Lipinski definition) is 1. The minimum atomic E-state index is -0.568. The van der Waals surface area contributed by atoms with Crippen LogP contribution in [0.4, 0.5) is 0 Å². The molecule has 0 radical (unpaired) electrons. The highest BCUT2D eigenvalue weighted by molar-refractivity contribution is 5.70. The van der Waals surface area contributed by atoms with E-state index < -0.39 is 6.10 Å². The molecule has 3 rings (SSSR count). The number of methoxy groups -OCH3 is 2. The Bertz CT molecular complexity index is 722. The van der Waals surface area contributed by atoms with Crippen molar-refractivity contribution in [2.75, 3.05) is 34.4 Å². The maximum Gasteiger partial charge on any atom is 0.118 e. The van der Waals surface area contributed by atoms with E-state index in [0.717, 1.165) is 35.7 Å². The van der Waals surface area contributed by atoms with Gasteiger partial charge >= 0.3 is 0 Å². The van der Waals surface area contributed by atoms with E-state index in [1.165, 1.54) is 5.57 Å². The third kappa shape index (κ3) is 3.86. The van der Waals surface area contributed by atoms with Crippen molar-refractivity contribution in [1.29, 1.82) is 0 Å². The average molecular weight is 339 g/mol. The van der Waals surface area contributed by atoms with Crippen molar-refractivity contribution in [3.63, 3.8) is 0 Å². The summed E-state index contributed by atoms with van der Waals surface area (Å²) >= 11 is 0. The molecule has 2 aromatic carbocycles. The van der Waals surface area contributed by atoms with E-state index in [9.17, 15) is 5.11 Å². The van der Waals surface area contributed by atoms with Gasteiger partial charge in [0.2, 0.25) is 0 Å². The van der Waals surface area contributed by atoms with Crippen LogP contribution in [0.3, 0.4) is 0 Å². The quantitative estimate of drug-likeness (QED) is 0.907. The fourth-order valence-electron chi connectivity index (χ4n) is 3.33. The number of nitrogens with zero attached hydrogens (tertiary/aromatic N) is 1. The Balaban J connectivity index is 1.89. The van der Waals surface area contributed by atoms with Crippen molar-refractivity contribution in [2.24, 2.45) is 5.92 Å². The lowest BCUT2D eigenvalue weighted by molar-refractivity contribution is 0.112. The van der Waals surface area contributed by atoms with Gasteiger partial charge in [0, 0.05) is 19.0 Å². The van der Waals surface area contributed by atoms with E-state index in [-0.39, 0.29) is 5.92 Å². The highest BCUT2D eigenvalue weighted by atomic mass is 16.5. The Hall–Kier alpha value is -2.30. The second kappa shape index (κ2) is 7.72. The molecule has 4 nitrogen and oxygen atoms in total. The molecule has 0 aliphatic carbocycles. The Morgan fingerprint density at radius 3 is 2.08 bits per heavy atom. The van der Waals surface area contributed by atoms with Crippen LogP contribution in [0.25, 0.3) is 5.57 Å². The summed E-state index contributed by atoms with van der Waals surface area (Å²) in [7, 11) is 5.39. The van der Waals surface area contributed by atoms with E-state index in [1.54, 1.807) is 14.2 Å². The van der Waals surface area contributed by atoms with Crippen molar-refractivity contribution in [2.45, 2.75) is 6.10 Å². The monoisotopic (exact) mass is 339 g/mol. The topological polar surface area (TPSA) is 41.9 Å². The molecule has 1 N–H and O–H groups in total. The third-order valence-electron chi connectivity index (χ3n) is 4.79. The summed E-state index contributed by atoms with van der Waals surface area (Å²) in [6.07, 6.45) is 1.64. The van der Waals surface area contributed by atoms with E-state index in [0.29, 0.717) is 0 Å². The number of likely N-dealkylation sites (N-methyl/N-ethyl adjacent to an activating group) is 1. The molecule has 0 bridgehead atoms. The van der Waals surface area contributed by atoms with Gasteiger partial charge in [0.15, 0.2) is 0 Å². The van der Waals surface area contributed by atoms with Gasteiger partial charge in [-0.15, -0.1) is 0 Å². The van der Waals surface area contributed by atoms with E-state index in [2.05, 4.69) is 30.2 Å². The molecule has 4 heteroatoms. The zero-order chi connectivity index (χ0) is 17.8. The van der Waals surface area contributed by atoms with E-state index in [1.807, 2.05) is 36.4 Å². The average Bonchev–Trinajstić information content (AvgIpc) is 2.67. The smallest absolute Gasteiger partial charge is 0.118 e. The summed E-state index contributed by atoms with van der Waals surface area (Å²) in [5.41, 5.74) is 3.22. The molecule has 1 aliphatic heterocycles. The van der Waals surface area contributed by atoms with Crippen LogP contribution >= 0.6 is 0 Å². The third-order valence-corrected chi connectivity index (χ3v) is 4.79. The van der Waals surface area contributed by atoms with Crippen LogP contribution in [0.1, 0.15) is 17.2 Å². The summed E-state index contributed by atoms with van der Waals surface area (Å²) in [5.74, 6) is 1.65. The van der Waals surface area contributed by atoms with Gasteiger partial charge in [-0.3, -0.25) is 0 Å². The first-order valence-corrected chi connectivity index (χ1v) is 8.47. The number of benzene rings is 2. The Morgan fingerprint density at radius 2 is 1.52 bits per heavy atom. The molecule has 2 aromatic rings. The maximum absolute atomic E-state index is 11.0. The molecule has 2 atom stereocenters. The van der Waals surface area contributed by atoms with Gasteiger partial charge in [-0.2, -0.15) is 0 Å². The van der Waals surface area contributed by atoms with Gasteiger partial charge in [-0.05, 0) is 48.0 Å². The SMILES string of the molecule is COc1ccc(C2=CCN(C)CC2C(O)c2ccc(OC)cc2)cc1. The number of ether oxygens (including phenoxy) is 2. The molecule has 0 amide bonds.